The molecule has 0 aliphatic carbocycles. The van der Waals surface area contributed by atoms with Crippen molar-refractivity contribution < 1.29 is 9.53 Å². The van der Waals surface area contributed by atoms with Gasteiger partial charge in [-0.15, -0.1) is 0 Å². The topological polar surface area (TPSA) is 79.1 Å². The molecule has 0 spiro atoms. The van der Waals surface area contributed by atoms with Crippen molar-refractivity contribution in [2.24, 2.45) is 5.92 Å². The lowest BCUT2D eigenvalue weighted by Gasteiger charge is -2.34. The van der Waals surface area contributed by atoms with Gasteiger partial charge in [0, 0.05) is 13.1 Å². The van der Waals surface area contributed by atoms with Crippen LogP contribution in [0, 0.1) is 17.2 Å². The molecule has 1 saturated heterocycles. The molecule has 1 aromatic heterocycles. The van der Waals surface area contributed by atoms with Gasteiger partial charge in [-0.2, -0.15) is 5.26 Å². The van der Waals surface area contributed by atoms with E-state index in [4.69, 9.17) is 14.7 Å². The average molecular weight is 429 g/mol. The first-order valence-corrected chi connectivity index (χ1v) is 11.2. The minimum absolute atomic E-state index is 0.192. The molecule has 0 amide bonds. The maximum absolute atomic E-state index is 12.8. The first-order valence-electron chi connectivity index (χ1n) is 11.2. The molecule has 0 radical (unpaired) electrons. The molecule has 0 N–H and O–H groups in total. The Kier molecular flexibility index (Phi) is 6.65. The summed E-state index contributed by atoms with van der Waals surface area (Å²) in [5, 5.41) is 9.86. The van der Waals surface area contributed by atoms with Crippen molar-refractivity contribution >= 4 is 22.8 Å². The van der Waals surface area contributed by atoms with Crippen LogP contribution in [-0.4, -0.2) is 35.6 Å². The normalized spacial score (nSPS) is 15.5. The maximum Gasteiger partial charge on any atom is 0.329 e. The number of anilines is 1. The monoisotopic (exact) mass is 428 g/mol. The number of rotatable bonds is 6. The predicted molar refractivity (Wildman–Crippen MR) is 124 cm³/mol. The Hall–Kier alpha value is -3.46. The lowest BCUT2D eigenvalue weighted by molar-refractivity contribution is -0.145. The zero-order valence-corrected chi connectivity index (χ0v) is 18.6. The van der Waals surface area contributed by atoms with Crippen molar-refractivity contribution in [2.75, 3.05) is 24.6 Å². The first kappa shape index (κ1) is 21.8. The highest BCUT2D eigenvalue weighted by molar-refractivity contribution is 5.85. The van der Waals surface area contributed by atoms with E-state index in [0.717, 1.165) is 31.4 Å². The molecule has 32 heavy (non-hydrogen) atoms. The summed E-state index contributed by atoms with van der Waals surface area (Å²) in [5.41, 5.74) is 3.16. The van der Waals surface area contributed by atoms with Crippen molar-refractivity contribution in [3.8, 4) is 6.07 Å². The number of para-hydroxylation sites is 2. The zero-order chi connectivity index (χ0) is 22.5. The van der Waals surface area contributed by atoms with E-state index in [9.17, 15) is 10.1 Å². The Labute approximate surface area is 188 Å². The summed E-state index contributed by atoms with van der Waals surface area (Å²) in [6.45, 7) is 5.78. The predicted octanol–water partition coefficient (Wildman–Crippen LogP) is 4.82. The van der Waals surface area contributed by atoms with Gasteiger partial charge in [-0.1, -0.05) is 56.3 Å². The van der Waals surface area contributed by atoms with Crippen LogP contribution < -0.4 is 4.90 Å². The van der Waals surface area contributed by atoms with Crippen LogP contribution in [0.15, 0.2) is 54.6 Å². The molecule has 0 saturated carbocycles. The van der Waals surface area contributed by atoms with E-state index in [1.165, 1.54) is 5.56 Å². The first-order chi connectivity index (χ1) is 15.6. The van der Waals surface area contributed by atoms with Crippen molar-refractivity contribution in [1.82, 2.24) is 9.97 Å². The van der Waals surface area contributed by atoms with Gasteiger partial charge in [0.15, 0.2) is 11.7 Å². The molecule has 6 heteroatoms. The number of piperidine rings is 1. The number of fused-ring (bicyclic) bond motifs is 1. The van der Waals surface area contributed by atoms with E-state index in [1.54, 1.807) is 0 Å². The number of hydrogen-bond acceptors (Lipinski definition) is 6. The standard InChI is InChI=1S/C26H28N4O2/c1-18(2)17-32-26(31)21(16-27)24-25(29-23-11-7-6-10-22(23)28-24)30-14-12-20(13-15-30)19-8-4-3-5-9-19/h3-11,18,20-21H,12-15,17H2,1-2H3/t21-/m0/s1. The molecule has 0 bridgehead atoms. The molecular formula is C26H28N4O2. The van der Waals surface area contributed by atoms with E-state index in [2.05, 4.69) is 35.2 Å². The Morgan fingerprint density at radius 3 is 2.31 bits per heavy atom. The number of ether oxygens (including phenoxy) is 1. The molecule has 3 aromatic rings. The molecule has 1 aliphatic rings. The SMILES string of the molecule is CC(C)COC(=O)[C@@H](C#N)c1nc2ccccc2nc1N1CCC(c2ccccc2)CC1. The zero-order valence-electron chi connectivity index (χ0n) is 18.6. The second-order valence-corrected chi connectivity index (χ2v) is 8.68. The van der Waals surface area contributed by atoms with Crippen molar-refractivity contribution in [1.29, 1.82) is 5.26 Å². The van der Waals surface area contributed by atoms with E-state index in [-0.39, 0.29) is 12.5 Å². The number of esters is 1. The number of carbonyl (C=O) groups excluding carboxylic acids is 1. The van der Waals surface area contributed by atoms with Crippen LogP contribution in [0.25, 0.3) is 11.0 Å². The molecule has 1 atom stereocenters. The van der Waals surface area contributed by atoms with E-state index in [0.29, 0.717) is 22.9 Å². The molecular weight excluding hydrogens is 400 g/mol. The summed E-state index contributed by atoms with van der Waals surface area (Å²) < 4.78 is 5.39. The number of aromatic nitrogens is 2. The van der Waals surface area contributed by atoms with Crippen LogP contribution >= 0.6 is 0 Å². The number of hydrogen-bond donors (Lipinski definition) is 0. The fourth-order valence-electron chi connectivity index (χ4n) is 4.14. The van der Waals surface area contributed by atoms with Gasteiger partial charge in [0.25, 0.3) is 0 Å². The average Bonchev–Trinajstić information content (AvgIpc) is 2.83. The van der Waals surface area contributed by atoms with Gasteiger partial charge < -0.3 is 9.64 Å². The third-order valence-corrected chi connectivity index (χ3v) is 5.84. The highest BCUT2D eigenvalue weighted by atomic mass is 16.5. The van der Waals surface area contributed by atoms with Crippen molar-refractivity contribution in [2.45, 2.75) is 38.5 Å². The molecule has 6 nitrogen and oxygen atoms in total. The van der Waals surface area contributed by atoms with Crippen LogP contribution in [0.3, 0.4) is 0 Å². The number of nitrogens with zero attached hydrogens (tertiary/aromatic N) is 4. The second-order valence-electron chi connectivity index (χ2n) is 8.68. The van der Waals surface area contributed by atoms with Gasteiger partial charge >= 0.3 is 5.97 Å². The molecule has 2 heterocycles. The van der Waals surface area contributed by atoms with Crippen LogP contribution in [0.5, 0.6) is 0 Å². The van der Waals surface area contributed by atoms with Gasteiger partial charge in [-0.3, -0.25) is 4.79 Å². The Bertz CT molecular complexity index is 1120. The molecule has 164 valence electrons. The quantitative estimate of drug-likeness (QED) is 0.524. The van der Waals surface area contributed by atoms with Gasteiger partial charge in [-0.25, -0.2) is 9.97 Å². The fraction of sp³-hybridized carbons (Fsp3) is 0.385. The summed E-state index contributed by atoms with van der Waals surface area (Å²) in [5.74, 6) is -0.369. The highest BCUT2D eigenvalue weighted by Crippen LogP contribution is 2.33. The third kappa shape index (κ3) is 4.72. The van der Waals surface area contributed by atoms with E-state index in [1.807, 2.05) is 44.2 Å². The smallest absolute Gasteiger partial charge is 0.329 e. The van der Waals surface area contributed by atoms with Gasteiger partial charge in [0.1, 0.15) is 5.69 Å². The summed E-state index contributed by atoms with van der Waals surface area (Å²) in [6.07, 6.45) is 1.96. The summed E-state index contributed by atoms with van der Waals surface area (Å²) in [6, 6.07) is 20.2. The minimum Gasteiger partial charge on any atom is -0.464 e. The van der Waals surface area contributed by atoms with Crippen LogP contribution in [0.2, 0.25) is 0 Å². The molecule has 4 rings (SSSR count). The molecule has 2 aromatic carbocycles. The van der Waals surface area contributed by atoms with E-state index < -0.39 is 11.9 Å². The lowest BCUT2D eigenvalue weighted by Crippen LogP contribution is -2.35. The van der Waals surface area contributed by atoms with E-state index >= 15 is 0 Å². The van der Waals surface area contributed by atoms with Crippen LogP contribution in [0.1, 0.15) is 49.8 Å². The minimum atomic E-state index is -1.10. The number of benzene rings is 2. The Balaban J connectivity index is 1.64. The molecule has 0 unspecified atom stereocenters. The lowest BCUT2D eigenvalue weighted by atomic mass is 9.89. The summed E-state index contributed by atoms with van der Waals surface area (Å²) in [4.78, 5) is 24.5. The number of carbonyl (C=O) groups is 1. The largest absolute Gasteiger partial charge is 0.464 e. The molecule has 1 aliphatic heterocycles. The second kappa shape index (κ2) is 9.78. The third-order valence-electron chi connectivity index (χ3n) is 5.84. The fourth-order valence-corrected chi connectivity index (χ4v) is 4.14. The summed E-state index contributed by atoms with van der Waals surface area (Å²) in [7, 11) is 0. The van der Waals surface area contributed by atoms with Gasteiger partial charge in [-0.05, 0) is 42.4 Å². The van der Waals surface area contributed by atoms with Crippen molar-refractivity contribution in [3.63, 3.8) is 0 Å². The van der Waals surface area contributed by atoms with Crippen LogP contribution in [-0.2, 0) is 9.53 Å². The van der Waals surface area contributed by atoms with Gasteiger partial charge in [0.2, 0.25) is 0 Å². The van der Waals surface area contributed by atoms with Crippen LogP contribution in [0.4, 0.5) is 5.82 Å². The Morgan fingerprint density at radius 2 is 1.69 bits per heavy atom. The summed E-state index contributed by atoms with van der Waals surface area (Å²) >= 11 is 0. The maximum atomic E-state index is 12.8. The highest BCUT2D eigenvalue weighted by Gasteiger charge is 2.32. The number of nitriles is 1. The van der Waals surface area contributed by atoms with Gasteiger partial charge in [0.05, 0.1) is 23.7 Å². The molecule has 1 fully saturated rings. The Morgan fingerprint density at radius 1 is 1.06 bits per heavy atom. The van der Waals surface area contributed by atoms with Crippen molar-refractivity contribution in [3.05, 3.63) is 65.9 Å².